The summed E-state index contributed by atoms with van der Waals surface area (Å²) >= 11 is 0. The molecule has 0 aromatic heterocycles. The van der Waals surface area contributed by atoms with Gasteiger partial charge in [-0.2, -0.15) is 0 Å². The maximum atomic E-state index is 11.8. The Labute approximate surface area is 91.2 Å². The summed E-state index contributed by atoms with van der Waals surface area (Å²) in [6.45, 7) is 7.94. The van der Waals surface area contributed by atoms with Gasteiger partial charge in [-0.15, -0.1) is 0 Å². The Kier molecular flexibility index (Phi) is 3.28. The first-order chi connectivity index (χ1) is 6.78. The highest BCUT2D eigenvalue weighted by Gasteiger charge is 2.42. The van der Waals surface area contributed by atoms with E-state index >= 15 is 0 Å². The molecule has 0 aliphatic carbocycles. The van der Waals surface area contributed by atoms with E-state index in [1.165, 1.54) is 4.90 Å². The molecule has 0 unspecified atom stereocenters. The lowest BCUT2D eigenvalue weighted by atomic mass is 10.1. The molecule has 0 aromatic rings. The van der Waals surface area contributed by atoms with Crippen LogP contribution in [0.2, 0.25) is 0 Å². The Balaban J connectivity index is 2.67. The van der Waals surface area contributed by atoms with Crippen molar-refractivity contribution in [3.8, 4) is 0 Å². The smallest absolute Gasteiger partial charge is 0.412 e. The first-order valence-electron chi connectivity index (χ1n) is 5.51. The third kappa shape index (κ3) is 2.84. The number of ether oxygens (including phenoxy) is 1. The van der Waals surface area contributed by atoms with Crippen molar-refractivity contribution in [2.24, 2.45) is 0 Å². The molecule has 1 heterocycles. The standard InChI is InChI=1S/C11H21NO3/c1-5-11(14)7-6-8-12(11)9(13)15-10(2,3)4/h14H,5-8H2,1-4H3/t11-/m0/s1. The molecule has 1 N–H and O–H groups in total. The van der Waals surface area contributed by atoms with Gasteiger partial charge in [-0.1, -0.05) is 6.92 Å². The van der Waals surface area contributed by atoms with Crippen LogP contribution in [-0.2, 0) is 4.74 Å². The third-order valence-electron chi connectivity index (χ3n) is 2.64. The summed E-state index contributed by atoms with van der Waals surface area (Å²) < 4.78 is 5.25. The second-order valence-corrected chi connectivity index (χ2v) is 5.07. The fourth-order valence-corrected chi connectivity index (χ4v) is 1.81. The van der Waals surface area contributed by atoms with Gasteiger partial charge in [0.05, 0.1) is 0 Å². The van der Waals surface area contributed by atoms with E-state index in [-0.39, 0.29) is 0 Å². The molecule has 1 aliphatic rings. The van der Waals surface area contributed by atoms with E-state index in [4.69, 9.17) is 4.74 Å². The van der Waals surface area contributed by atoms with Crippen molar-refractivity contribution in [2.75, 3.05) is 6.54 Å². The van der Waals surface area contributed by atoms with Gasteiger partial charge in [0.25, 0.3) is 0 Å². The van der Waals surface area contributed by atoms with Crippen LogP contribution in [0.4, 0.5) is 4.79 Å². The molecule has 0 radical (unpaired) electrons. The molecule has 1 atom stereocenters. The van der Waals surface area contributed by atoms with Crippen molar-refractivity contribution in [1.82, 2.24) is 4.90 Å². The molecule has 0 aromatic carbocycles. The highest BCUT2D eigenvalue weighted by atomic mass is 16.6. The number of carbonyl (C=O) groups excluding carboxylic acids is 1. The lowest BCUT2D eigenvalue weighted by Gasteiger charge is -2.34. The van der Waals surface area contributed by atoms with Gasteiger partial charge in [-0.05, 0) is 40.0 Å². The summed E-state index contributed by atoms with van der Waals surface area (Å²) in [5.74, 6) is 0. The van der Waals surface area contributed by atoms with Crippen molar-refractivity contribution in [3.05, 3.63) is 0 Å². The van der Waals surface area contributed by atoms with E-state index in [0.29, 0.717) is 19.4 Å². The van der Waals surface area contributed by atoms with E-state index in [9.17, 15) is 9.90 Å². The van der Waals surface area contributed by atoms with Crippen LogP contribution in [-0.4, -0.2) is 34.0 Å². The highest BCUT2D eigenvalue weighted by molar-refractivity contribution is 5.69. The predicted molar refractivity (Wildman–Crippen MR) is 57.4 cm³/mol. The third-order valence-corrected chi connectivity index (χ3v) is 2.64. The average Bonchev–Trinajstić information content (AvgIpc) is 2.45. The fraction of sp³-hybridized carbons (Fsp3) is 0.909. The van der Waals surface area contributed by atoms with E-state index in [1.807, 2.05) is 27.7 Å². The van der Waals surface area contributed by atoms with Gasteiger partial charge < -0.3 is 9.84 Å². The molecule has 88 valence electrons. The molecule has 4 heteroatoms. The van der Waals surface area contributed by atoms with Crippen LogP contribution in [0.1, 0.15) is 47.0 Å². The van der Waals surface area contributed by atoms with Crippen molar-refractivity contribution < 1.29 is 14.6 Å². The zero-order chi connectivity index (χ0) is 11.7. The van der Waals surface area contributed by atoms with Crippen LogP contribution in [0.5, 0.6) is 0 Å². The molecule has 0 spiro atoms. The highest BCUT2D eigenvalue weighted by Crippen LogP contribution is 2.30. The molecule has 0 bridgehead atoms. The molecule has 4 nitrogen and oxygen atoms in total. The van der Waals surface area contributed by atoms with Gasteiger partial charge in [0.15, 0.2) is 0 Å². The monoisotopic (exact) mass is 215 g/mol. The number of amides is 1. The minimum Gasteiger partial charge on any atom is -0.444 e. The first-order valence-corrected chi connectivity index (χ1v) is 5.51. The van der Waals surface area contributed by atoms with Gasteiger partial charge in [0, 0.05) is 6.54 Å². The van der Waals surface area contributed by atoms with E-state index in [2.05, 4.69) is 0 Å². The van der Waals surface area contributed by atoms with Gasteiger partial charge in [0.2, 0.25) is 0 Å². The Morgan fingerprint density at radius 3 is 2.60 bits per heavy atom. The quantitative estimate of drug-likeness (QED) is 0.729. The maximum Gasteiger partial charge on any atom is 0.412 e. The number of rotatable bonds is 1. The molecule has 1 saturated heterocycles. The summed E-state index contributed by atoms with van der Waals surface area (Å²) in [6.07, 6.45) is 1.61. The van der Waals surface area contributed by atoms with Crippen LogP contribution in [0.3, 0.4) is 0 Å². The molecule has 15 heavy (non-hydrogen) atoms. The van der Waals surface area contributed by atoms with Gasteiger partial charge in [0.1, 0.15) is 11.3 Å². The Hall–Kier alpha value is -0.770. The zero-order valence-corrected chi connectivity index (χ0v) is 10.0. The van der Waals surface area contributed by atoms with Crippen LogP contribution >= 0.6 is 0 Å². The van der Waals surface area contributed by atoms with Crippen molar-refractivity contribution in [1.29, 1.82) is 0 Å². The lowest BCUT2D eigenvalue weighted by molar-refractivity contribution is -0.0856. The number of hydrogen-bond acceptors (Lipinski definition) is 3. The number of carbonyl (C=O) groups is 1. The number of nitrogens with zero attached hydrogens (tertiary/aromatic N) is 1. The maximum absolute atomic E-state index is 11.8. The normalized spacial score (nSPS) is 26.9. The first kappa shape index (κ1) is 12.3. The summed E-state index contributed by atoms with van der Waals surface area (Å²) in [6, 6.07) is 0. The molecule has 1 amide bonds. The van der Waals surface area contributed by atoms with Crippen molar-refractivity contribution in [2.45, 2.75) is 58.3 Å². The molecule has 1 rings (SSSR count). The van der Waals surface area contributed by atoms with E-state index < -0.39 is 17.4 Å². The number of likely N-dealkylation sites (tertiary alicyclic amines) is 1. The molecule has 1 aliphatic heterocycles. The molecule has 1 fully saturated rings. The fourth-order valence-electron chi connectivity index (χ4n) is 1.81. The molecular weight excluding hydrogens is 194 g/mol. The number of aliphatic hydroxyl groups is 1. The topological polar surface area (TPSA) is 49.8 Å². The van der Waals surface area contributed by atoms with Crippen LogP contribution in [0.25, 0.3) is 0 Å². The Bertz CT molecular complexity index is 247. The zero-order valence-electron chi connectivity index (χ0n) is 10.0. The Morgan fingerprint density at radius 2 is 2.13 bits per heavy atom. The van der Waals surface area contributed by atoms with Gasteiger partial charge in [-0.25, -0.2) is 4.79 Å². The SMILES string of the molecule is CC[C@]1(O)CCCN1C(=O)OC(C)(C)C. The minimum absolute atomic E-state index is 0.413. The summed E-state index contributed by atoms with van der Waals surface area (Å²) in [4.78, 5) is 13.2. The van der Waals surface area contributed by atoms with Gasteiger partial charge >= 0.3 is 6.09 Å². The van der Waals surface area contributed by atoms with Crippen LogP contribution < -0.4 is 0 Å². The van der Waals surface area contributed by atoms with E-state index in [1.54, 1.807) is 0 Å². The summed E-state index contributed by atoms with van der Waals surface area (Å²) in [7, 11) is 0. The Morgan fingerprint density at radius 1 is 1.53 bits per heavy atom. The van der Waals surface area contributed by atoms with Crippen molar-refractivity contribution in [3.63, 3.8) is 0 Å². The summed E-state index contributed by atoms with van der Waals surface area (Å²) in [5, 5.41) is 10.2. The average molecular weight is 215 g/mol. The minimum atomic E-state index is -0.998. The second-order valence-electron chi connectivity index (χ2n) is 5.07. The van der Waals surface area contributed by atoms with Gasteiger partial charge in [-0.3, -0.25) is 4.90 Å². The second kappa shape index (κ2) is 4.00. The number of hydrogen-bond donors (Lipinski definition) is 1. The van der Waals surface area contributed by atoms with Crippen LogP contribution in [0, 0.1) is 0 Å². The lowest BCUT2D eigenvalue weighted by Crippen LogP contribution is -2.48. The molecular formula is C11H21NO3. The molecule has 0 saturated carbocycles. The van der Waals surface area contributed by atoms with Crippen molar-refractivity contribution >= 4 is 6.09 Å². The van der Waals surface area contributed by atoms with Crippen LogP contribution in [0.15, 0.2) is 0 Å². The largest absolute Gasteiger partial charge is 0.444 e. The predicted octanol–water partition coefficient (Wildman–Crippen LogP) is 2.12. The van der Waals surface area contributed by atoms with E-state index in [0.717, 1.165) is 6.42 Å². The summed E-state index contributed by atoms with van der Waals surface area (Å²) in [5.41, 5.74) is -1.50.